The molecule has 3 nitrogen and oxygen atoms in total. The first kappa shape index (κ1) is 12.8. The average Bonchev–Trinajstić information content (AvgIpc) is 2.74. The van der Waals surface area contributed by atoms with Gasteiger partial charge in [0.25, 0.3) is 0 Å². The van der Waals surface area contributed by atoms with Crippen LogP contribution in [-0.4, -0.2) is 16.5 Å². The number of imidazole rings is 1. The van der Waals surface area contributed by atoms with Gasteiger partial charge in [-0.3, -0.25) is 0 Å². The van der Waals surface area contributed by atoms with E-state index in [1.807, 2.05) is 0 Å². The molecule has 18 heavy (non-hydrogen) atoms. The Morgan fingerprint density at radius 1 is 1.22 bits per heavy atom. The van der Waals surface area contributed by atoms with E-state index in [0.29, 0.717) is 12.5 Å². The number of nitrogens with zero attached hydrogens (tertiary/aromatic N) is 1. The molecule has 2 aromatic rings. The Morgan fingerprint density at radius 3 is 2.44 bits per heavy atom. The molecule has 0 aliphatic carbocycles. The fourth-order valence-electron chi connectivity index (χ4n) is 2.14. The molecule has 96 valence electrons. The fourth-order valence-corrected chi connectivity index (χ4v) is 2.14. The molecule has 0 aliphatic heterocycles. The van der Waals surface area contributed by atoms with Crippen molar-refractivity contribution in [3.05, 3.63) is 41.3 Å². The second-order valence-electron chi connectivity index (χ2n) is 4.80. The van der Waals surface area contributed by atoms with Gasteiger partial charge in [-0.2, -0.15) is 0 Å². The maximum absolute atomic E-state index is 5.77. The Bertz CT molecular complexity index is 507. The number of hydrogen-bond acceptors (Lipinski definition) is 2. The highest BCUT2D eigenvalue weighted by Gasteiger charge is 2.14. The van der Waals surface area contributed by atoms with Gasteiger partial charge in [-0.1, -0.05) is 36.8 Å². The van der Waals surface area contributed by atoms with Crippen LogP contribution in [0.4, 0.5) is 0 Å². The Hall–Kier alpha value is -1.61. The van der Waals surface area contributed by atoms with Crippen molar-refractivity contribution >= 4 is 0 Å². The van der Waals surface area contributed by atoms with Crippen LogP contribution in [0.2, 0.25) is 0 Å². The molecule has 0 saturated heterocycles. The van der Waals surface area contributed by atoms with Gasteiger partial charge in [-0.15, -0.1) is 0 Å². The third-order valence-corrected chi connectivity index (χ3v) is 3.39. The van der Waals surface area contributed by atoms with Crippen LogP contribution in [-0.2, 0) is 0 Å². The minimum absolute atomic E-state index is 0.322. The fraction of sp³-hybridized carbons (Fsp3) is 0.400. The van der Waals surface area contributed by atoms with Crippen LogP contribution >= 0.6 is 0 Å². The van der Waals surface area contributed by atoms with E-state index in [9.17, 15) is 0 Å². The smallest absolute Gasteiger partial charge is 0.111 e. The first-order valence-corrected chi connectivity index (χ1v) is 6.49. The Morgan fingerprint density at radius 2 is 1.89 bits per heavy atom. The molecule has 0 radical (unpaired) electrons. The quantitative estimate of drug-likeness (QED) is 0.866. The van der Waals surface area contributed by atoms with E-state index in [0.717, 1.165) is 29.2 Å². The normalized spacial score (nSPS) is 12.7. The number of aryl methyl sites for hydroxylation is 2. The molecule has 0 aliphatic rings. The molecule has 0 bridgehead atoms. The van der Waals surface area contributed by atoms with Crippen LogP contribution in [0.5, 0.6) is 0 Å². The third-order valence-electron chi connectivity index (χ3n) is 3.39. The van der Waals surface area contributed by atoms with Gasteiger partial charge in [0.1, 0.15) is 5.82 Å². The van der Waals surface area contributed by atoms with Crippen molar-refractivity contribution in [1.29, 1.82) is 0 Å². The lowest BCUT2D eigenvalue weighted by atomic mass is 10.1. The minimum atomic E-state index is 0.322. The summed E-state index contributed by atoms with van der Waals surface area (Å²) in [5.41, 5.74) is 10.3. The van der Waals surface area contributed by atoms with Gasteiger partial charge in [0.2, 0.25) is 0 Å². The van der Waals surface area contributed by atoms with Crippen LogP contribution in [0.3, 0.4) is 0 Å². The molecule has 1 heterocycles. The van der Waals surface area contributed by atoms with Crippen molar-refractivity contribution in [1.82, 2.24) is 9.97 Å². The van der Waals surface area contributed by atoms with E-state index in [-0.39, 0.29) is 0 Å². The van der Waals surface area contributed by atoms with Crippen molar-refractivity contribution < 1.29 is 0 Å². The molecule has 1 atom stereocenters. The monoisotopic (exact) mass is 243 g/mol. The Balaban J connectivity index is 2.37. The van der Waals surface area contributed by atoms with Crippen LogP contribution in [0.15, 0.2) is 24.3 Å². The van der Waals surface area contributed by atoms with E-state index < -0.39 is 0 Å². The zero-order valence-corrected chi connectivity index (χ0v) is 11.3. The van der Waals surface area contributed by atoms with Crippen molar-refractivity contribution in [2.24, 2.45) is 5.73 Å². The number of benzene rings is 1. The standard InChI is InChI=1S/C15H21N3/c1-4-12(9-16)15-17-11(3)14(18-15)13-7-5-10(2)6-8-13/h5-8,12H,4,9,16H2,1-3H3,(H,17,18). The lowest BCUT2D eigenvalue weighted by molar-refractivity contribution is 0.638. The molecule has 1 unspecified atom stereocenters. The van der Waals surface area contributed by atoms with Gasteiger partial charge in [-0.25, -0.2) is 4.98 Å². The van der Waals surface area contributed by atoms with Gasteiger partial charge < -0.3 is 10.7 Å². The second-order valence-corrected chi connectivity index (χ2v) is 4.80. The van der Waals surface area contributed by atoms with Gasteiger partial charge in [0.05, 0.1) is 5.69 Å². The number of aromatic nitrogens is 2. The number of H-pyrrole nitrogens is 1. The average molecular weight is 243 g/mol. The molecule has 1 aromatic carbocycles. The summed E-state index contributed by atoms with van der Waals surface area (Å²) in [6, 6.07) is 8.46. The zero-order valence-electron chi connectivity index (χ0n) is 11.3. The van der Waals surface area contributed by atoms with Crippen LogP contribution in [0, 0.1) is 13.8 Å². The molecule has 3 heteroatoms. The van der Waals surface area contributed by atoms with Crippen molar-refractivity contribution in [2.75, 3.05) is 6.54 Å². The number of rotatable bonds is 4. The lowest BCUT2D eigenvalue weighted by Gasteiger charge is -2.07. The summed E-state index contributed by atoms with van der Waals surface area (Å²) in [7, 11) is 0. The number of nitrogens with one attached hydrogen (secondary N) is 1. The topological polar surface area (TPSA) is 54.7 Å². The maximum Gasteiger partial charge on any atom is 0.111 e. The molecule has 0 amide bonds. The van der Waals surface area contributed by atoms with Crippen LogP contribution in [0.1, 0.15) is 36.3 Å². The molecular weight excluding hydrogens is 222 g/mol. The maximum atomic E-state index is 5.77. The molecule has 0 spiro atoms. The summed E-state index contributed by atoms with van der Waals surface area (Å²) in [5, 5.41) is 0. The lowest BCUT2D eigenvalue weighted by Crippen LogP contribution is -2.12. The van der Waals surface area contributed by atoms with Gasteiger partial charge in [-0.05, 0) is 20.3 Å². The summed E-state index contributed by atoms with van der Waals surface area (Å²) in [6.45, 7) is 6.93. The molecule has 3 N–H and O–H groups in total. The highest BCUT2D eigenvalue weighted by atomic mass is 14.9. The van der Waals surface area contributed by atoms with Gasteiger partial charge >= 0.3 is 0 Å². The Labute approximate surface area is 108 Å². The first-order chi connectivity index (χ1) is 8.65. The summed E-state index contributed by atoms with van der Waals surface area (Å²) < 4.78 is 0. The predicted molar refractivity (Wildman–Crippen MR) is 75.6 cm³/mol. The SMILES string of the molecule is CCC(CN)c1nc(-c2ccc(C)cc2)c(C)[nH]1. The van der Waals surface area contributed by atoms with E-state index in [1.54, 1.807) is 0 Å². The zero-order chi connectivity index (χ0) is 13.1. The summed E-state index contributed by atoms with van der Waals surface area (Å²) in [5.74, 6) is 1.33. The van der Waals surface area contributed by atoms with E-state index in [2.05, 4.69) is 50.0 Å². The van der Waals surface area contributed by atoms with Gasteiger partial charge in [0, 0.05) is 23.7 Å². The summed E-state index contributed by atoms with van der Waals surface area (Å²) in [4.78, 5) is 8.08. The summed E-state index contributed by atoms with van der Waals surface area (Å²) in [6.07, 6.45) is 1.01. The minimum Gasteiger partial charge on any atom is -0.345 e. The number of hydrogen-bond donors (Lipinski definition) is 2. The van der Waals surface area contributed by atoms with Crippen LogP contribution in [0.25, 0.3) is 11.3 Å². The Kier molecular flexibility index (Phi) is 3.82. The molecule has 1 aromatic heterocycles. The molecular formula is C15H21N3. The van der Waals surface area contributed by atoms with E-state index >= 15 is 0 Å². The predicted octanol–water partition coefficient (Wildman–Crippen LogP) is 3.15. The van der Waals surface area contributed by atoms with E-state index in [1.165, 1.54) is 5.56 Å². The molecule has 2 rings (SSSR count). The van der Waals surface area contributed by atoms with E-state index in [4.69, 9.17) is 10.7 Å². The van der Waals surface area contributed by atoms with Crippen molar-refractivity contribution in [2.45, 2.75) is 33.1 Å². The summed E-state index contributed by atoms with van der Waals surface area (Å²) >= 11 is 0. The van der Waals surface area contributed by atoms with Crippen molar-refractivity contribution in [3.63, 3.8) is 0 Å². The van der Waals surface area contributed by atoms with Crippen molar-refractivity contribution in [3.8, 4) is 11.3 Å². The number of aromatic amines is 1. The second kappa shape index (κ2) is 5.36. The first-order valence-electron chi connectivity index (χ1n) is 6.49. The largest absolute Gasteiger partial charge is 0.345 e. The third kappa shape index (κ3) is 2.46. The van der Waals surface area contributed by atoms with Gasteiger partial charge in [0.15, 0.2) is 0 Å². The van der Waals surface area contributed by atoms with Crippen LogP contribution < -0.4 is 5.73 Å². The highest BCUT2D eigenvalue weighted by molar-refractivity contribution is 5.62. The molecule has 0 saturated carbocycles. The number of nitrogens with two attached hydrogens (primary N) is 1. The molecule has 0 fully saturated rings. The highest BCUT2D eigenvalue weighted by Crippen LogP contribution is 2.25.